The van der Waals surface area contributed by atoms with Crippen LogP contribution in [0.1, 0.15) is 10.4 Å². The van der Waals surface area contributed by atoms with Gasteiger partial charge >= 0.3 is 0 Å². The SMILES string of the molecule is O=Cc1ccc(Sc2ncn[nH]2)c(F)c1. The summed E-state index contributed by atoms with van der Waals surface area (Å²) in [7, 11) is 0. The van der Waals surface area contributed by atoms with E-state index < -0.39 is 5.82 Å². The number of nitrogens with zero attached hydrogens (tertiary/aromatic N) is 2. The Bertz CT molecular complexity index is 472. The molecule has 15 heavy (non-hydrogen) atoms. The van der Waals surface area contributed by atoms with Crippen LogP contribution in [0.2, 0.25) is 0 Å². The lowest BCUT2D eigenvalue weighted by Gasteiger charge is -1.99. The van der Waals surface area contributed by atoms with Crippen molar-refractivity contribution in [2.75, 3.05) is 0 Å². The number of nitrogens with one attached hydrogen (secondary N) is 1. The molecule has 0 fully saturated rings. The number of aromatic nitrogens is 3. The van der Waals surface area contributed by atoms with Crippen LogP contribution in [0.5, 0.6) is 0 Å². The molecule has 2 rings (SSSR count). The van der Waals surface area contributed by atoms with E-state index in [9.17, 15) is 9.18 Å². The van der Waals surface area contributed by atoms with E-state index in [1.165, 1.54) is 18.5 Å². The van der Waals surface area contributed by atoms with E-state index in [0.29, 0.717) is 21.9 Å². The minimum absolute atomic E-state index is 0.314. The van der Waals surface area contributed by atoms with E-state index in [4.69, 9.17) is 0 Å². The molecule has 0 saturated carbocycles. The molecule has 0 aliphatic rings. The van der Waals surface area contributed by atoms with Gasteiger partial charge in [-0.2, -0.15) is 5.10 Å². The van der Waals surface area contributed by atoms with E-state index in [-0.39, 0.29) is 0 Å². The molecule has 2 aromatic rings. The highest BCUT2D eigenvalue weighted by Gasteiger charge is 2.06. The fraction of sp³-hybridized carbons (Fsp3) is 0. The molecule has 0 atom stereocenters. The number of benzene rings is 1. The third kappa shape index (κ3) is 2.21. The van der Waals surface area contributed by atoms with Gasteiger partial charge in [-0.3, -0.25) is 9.89 Å². The van der Waals surface area contributed by atoms with Crippen molar-refractivity contribution < 1.29 is 9.18 Å². The number of H-pyrrole nitrogens is 1. The van der Waals surface area contributed by atoms with Gasteiger partial charge in [0.2, 0.25) is 0 Å². The summed E-state index contributed by atoms with van der Waals surface area (Å²) in [6.07, 6.45) is 1.95. The Morgan fingerprint density at radius 3 is 2.93 bits per heavy atom. The molecule has 0 saturated heterocycles. The van der Waals surface area contributed by atoms with Gasteiger partial charge in [-0.1, -0.05) is 6.07 Å². The van der Waals surface area contributed by atoms with Gasteiger partial charge < -0.3 is 0 Å². The Hall–Kier alpha value is -1.69. The third-order valence-electron chi connectivity index (χ3n) is 1.69. The zero-order valence-corrected chi connectivity index (χ0v) is 8.29. The fourth-order valence-electron chi connectivity index (χ4n) is 1.02. The maximum Gasteiger partial charge on any atom is 0.188 e. The van der Waals surface area contributed by atoms with Gasteiger partial charge in [-0.25, -0.2) is 9.37 Å². The Balaban J connectivity index is 2.26. The topological polar surface area (TPSA) is 58.6 Å². The summed E-state index contributed by atoms with van der Waals surface area (Å²) in [4.78, 5) is 14.6. The maximum atomic E-state index is 13.4. The van der Waals surface area contributed by atoms with E-state index in [1.807, 2.05) is 0 Å². The molecule has 1 aromatic heterocycles. The van der Waals surface area contributed by atoms with Crippen molar-refractivity contribution in [1.82, 2.24) is 15.2 Å². The van der Waals surface area contributed by atoms with Crippen molar-refractivity contribution in [2.45, 2.75) is 10.1 Å². The van der Waals surface area contributed by atoms with Crippen molar-refractivity contribution in [1.29, 1.82) is 0 Å². The zero-order valence-electron chi connectivity index (χ0n) is 7.48. The number of hydrogen-bond donors (Lipinski definition) is 1. The van der Waals surface area contributed by atoms with Gasteiger partial charge in [-0.15, -0.1) is 0 Å². The van der Waals surface area contributed by atoms with Crippen LogP contribution in [0, 0.1) is 5.82 Å². The molecule has 1 heterocycles. The number of hydrogen-bond acceptors (Lipinski definition) is 4. The molecule has 0 unspecified atom stereocenters. The van der Waals surface area contributed by atoms with Gasteiger partial charge in [0.25, 0.3) is 0 Å². The van der Waals surface area contributed by atoms with Crippen molar-refractivity contribution >= 4 is 18.0 Å². The normalized spacial score (nSPS) is 10.2. The molecule has 0 bridgehead atoms. The first-order valence-electron chi connectivity index (χ1n) is 4.07. The van der Waals surface area contributed by atoms with E-state index in [2.05, 4.69) is 15.2 Å². The fourth-order valence-corrected chi connectivity index (χ4v) is 1.72. The summed E-state index contributed by atoms with van der Waals surface area (Å²) in [5, 5.41) is 6.76. The smallest absolute Gasteiger partial charge is 0.188 e. The summed E-state index contributed by atoms with van der Waals surface area (Å²) < 4.78 is 13.4. The van der Waals surface area contributed by atoms with Crippen LogP contribution in [-0.2, 0) is 0 Å². The van der Waals surface area contributed by atoms with Crippen LogP contribution < -0.4 is 0 Å². The molecular weight excluding hydrogens is 217 g/mol. The van der Waals surface area contributed by atoms with Crippen molar-refractivity contribution in [3.63, 3.8) is 0 Å². The number of aromatic amines is 1. The molecule has 4 nitrogen and oxygen atoms in total. The van der Waals surface area contributed by atoms with Gasteiger partial charge in [-0.05, 0) is 23.9 Å². The van der Waals surface area contributed by atoms with E-state index in [0.717, 1.165) is 11.8 Å². The first-order chi connectivity index (χ1) is 7.29. The molecular formula is C9H6FN3OS. The number of rotatable bonds is 3. The zero-order chi connectivity index (χ0) is 10.7. The van der Waals surface area contributed by atoms with Crippen LogP contribution in [-0.4, -0.2) is 21.5 Å². The summed E-state index contributed by atoms with van der Waals surface area (Å²) in [6, 6.07) is 4.27. The number of aldehydes is 1. The lowest BCUT2D eigenvalue weighted by atomic mass is 10.2. The predicted octanol–water partition coefficient (Wildman–Crippen LogP) is 1.91. The molecule has 0 amide bonds. The lowest BCUT2D eigenvalue weighted by molar-refractivity contribution is 0.112. The Morgan fingerprint density at radius 1 is 1.47 bits per heavy atom. The van der Waals surface area contributed by atoms with Crippen LogP contribution in [0.15, 0.2) is 34.6 Å². The average molecular weight is 223 g/mol. The maximum absolute atomic E-state index is 13.4. The minimum atomic E-state index is -0.444. The van der Waals surface area contributed by atoms with Crippen LogP contribution in [0.25, 0.3) is 0 Å². The summed E-state index contributed by atoms with van der Waals surface area (Å²) in [5.41, 5.74) is 0.314. The largest absolute Gasteiger partial charge is 0.298 e. The second-order valence-corrected chi connectivity index (χ2v) is 3.73. The Kier molecular flexibility index (Phi) is 2.77. The quantitative estimate of drug-likeness (QED) is 0.807. The van der Waals surface area contributed by atoms with E-state index >= 15 is 0 Å². The van der Waals surface area contributed by atoms with Crippen molar-refractivity contribution in [3.05, 3.63) is 35.9 Å². The molecule has 0 radical (unpaired) electrons. The molecule has 76 valence electrons. The van der Waals surface area contributed by atoms with Gasteiger partial charge in [0.15, 0.2) is 5.16 Å². The Morgan fingerprint density at radius 2 is 2.33 bits per heavy atom. The minimum Gasteiger partial charge on any atom is -0.298 e. The standard InChI is InChI=1S/C9H6FN3OS/c10-7-3-6(4-14)1-2-8(7)15-9-11-5-12-13-9/h1-5H,(H,11,12,13). The van der Waals surface area contributed by atoms with Crippen molar-refractivity contribution in [2.24, 2.45) is 0 Å². The highest BCUT2D eigenvalue weighted by Crippen LogP contribution is 2.26. The third-order valence-corrected chi connectivity index (χ3v) is 2.63. The van der Waals surface area contributed by atoms with Crippen LogP contribution in [0.3, 0.4) is 0 Å². The molecule has 0 aliphatic carbocycles. The second kappa shape index (κ2) is 4.22. The van der Waals surface area contributed by atoms with Crippen LogP contribution >= 0.6 is 11.8 Å². The lowest BCUT2D eigenvalue weighted by Crippen LogP contribution is -1.86. The summed E-state index contributed by atoms with van der Waals surface area (Å²) >= 11 is 1.12. The first-order valence-corrected chi connectivity index (χ1v) is 4.89. The number of carbonyl (C=O) groups is 1. The second-order valence-electron chi connectivity index (χ2n) is 2.70. The van der Waals surface area contributed by atoms with Gasteiger partial charge in [0.1, 0.15) is 18.4 Å². The van der Waals surface area contributed by atoms with Gasteiger partial charge in [0, 0.05) is 5.56 Å². The van der Waals surface area contributed by atoms with Crippen molar-refractivity contribution in [3.8, 4) is 0 Å². The molecule has 1 N–H and O–H groups in total. The first kappa shape index (κ1) is 9.85. The average Bonchev–Trinajstić information content (AvgIpc) is 2.74. The van der Waals surface area contributed by atoms with Crippen LogP contribution in [0.4, 0.5) is 4.39 Å². The monoisotopic (exact) mass is 223 g/mol. The number of halogens is 1. The summed E-state index contributed by atoms with van der Waals surface area (Å²) in [5.74, 6) is -0.444. The molecule has 1 aromatic carbocycles. The predicted molar refractivity (Wildman–Crippen MR) is 52.3 cm³/mol. The number of carbonyl (C=O) groups excluding carboxylic acids is 1. The Labute approximate surface area is 88.9 Å². The highest BCUT2D eigenvalue weighted by molar-refractivity contribution is 7.99. The molecule has 0 spiro atoms. The van der Waals surface area contributed by atoms with Gasteiger partial charge in [0.05, 0.1) is 4.90 Å². The summed E-state index contributed by atoms with van der Waals surface area (Å²) in [6.45, 7) is 0. The highest BCUT2D eigenvalue weighted by atomic mass is 32.2. The van der Waals surface area contributed by atoms with E-state index in [1.54, 1.807) is 6.07 Å². The molecule has 6 heteroatoms. The molecule has 0 aliphatic heterocycles.